The van der Waals surface area contributed by atoms with Crippen LogP contribution in [0.5, 0.6) is 0 Å². The fourth-order valence-electron chi connectivity index (χ4n) is 2.71. The molecule has 0 aliphatic rings. The highest BCUT2D eigenvalue weighted by atomic mass is 16.6. The van der Waals surface area contributed by atoms with Gasteiger partial charge in [-0.2, -0.15) is 0 Å². The first-order valence-corrected chi connectivity index (χ1v) is 8.81. The van der Waals surface area contributed by atoms with E-state index >= 15 is 0 Å². The van der Waals surface area contributed by atoms with Crippen LogP contribution in [0.4, 0.5) is 4.79 Å². The molecule has 0 fully saturated rings. The second-order valence-corrected chi connectivity index (χ2v) is 8.86. The minimum absolute atomic E-state index is 0.0406. The molecule has 4 nitrogen and oxygen atoms in total. The average molecular weight is 347 g/mol. The number of nitrogens with one attached hydrogen (secondary N) is 1. The van der Waals surface area contributed by atoms with Crippen LogP contribution in [0.3, 0.4) is 0 Å². The van der Waals surface area contributed by atoms with Gasteiger partial charge in [0.05, 0.1) is 6.04 Å². The van der Waals surface area contributed by atoms with E-state index in [1.807, 2.05) is 0 Å². The monoisotopic (exact) mass is 347 g/mol. The van der Waals surface area contributed by atoms with E-state index in [4.69, 9.17) is 4.74 Å². The number of ether oxygens (including phenoxy) is 1. The summed E-state index contributed by atoms with van der Waals surface area (Å²) >= 11 is 0. The number of hydrogen-bond donors (Lipinski definition) is 1. The molecule has 0 aliphatic carbocycles. The fourth-order valence-corrected chi connectivity index (χ4v) is 2.71. The Kier molecular flexibility index (Phi) is 6.44. The number of carbonyl (C=O) groups is 2. The van der Waals surface area contributed by atoms with Crippen LogP contribution in [0.1, 0.15) is 70.7 Å². The maximum Gasteiger partial charge on any atom is 0.408 e. The van der Waals surface area contributed by atoms with Gasteiger partial charge in [0.1, 0.15) is 5.60 Å². The lowest BCUT2D eigenvalue weighted by Gasteiger charge is -2.27. The van der Waals surface area contributed by atoms with E-state index in [2.05, 4.69) is 52.1 Å². The molecule has 0 unspecified atom stereocenters. The molecule has 0 spiro atoms. The Hall–Kier alpha value is -1.84. The number of rotatable bonds is 4. The van der Waals surface area contributed by atoms with Crippen LogP contribution in [0, 0.1) is 13.8 Å². The third-order valence-electron chi connectivity index (χ3n) is 4.13. The summed E-state index contributed by atoms with van der Waals surface area (Å²) in [5.41, 5.74) is 4.07. The minimum Gasteiger partial charge on any atom is -0.444 e. The van der Waals surface area contributed by atoms with Crippen molar-refractivity contribution in [2.45, 2.75) is 85.8 Å². The second kappa shape index (κ2) is 7.59. The summed E-state index contributed by atoms with van der Waals surface area (Å²) in [4.78, 5) is 24.2. The number of Topliss-reactive ketones (excluding diaryl/α,β-unsaturated/α-hetero) is 1. The SMILES string of the molecule is CC(=O)[C@H](Cc1cc(C)c(C)cc1C(C)(C)C)NC(=O)OC(C)(C)C. The summed E-state index contributed by atoms with van der Waals surface area (Å²) in [7, 11) is 0. The first kappa shape index (κ1) is 21.2. The van der Waals surface area contributed by atoms with E-state index in [0.717, 1.165) is 5.56 Å². The smallest absolute Gasteiger partial charge is 0.408 e. The Balaban J connectivity index is 3.12. The number of hydrogen-bond acceptors (Lipinski definition) is 3. The van der Waals surface area contributed by atoms with Crippen LogP contribution in [-0.2, 0) is 21.4 Å². The van der Waals surface area contributed by atoms with E-state index < -0.39 is 17.7 Å². The second-order valence-electron chi connectivity index (χ2n) is 8.86. The Morgan fingerprint density at radius 1 is 1.04 bits per heavy atom. The van der Waals surface area contributed by atoms with Crippen LogP contribution in [0.15, 0.2) is 12.1 Å². The summed E-state index contributed by atoms with van der Waals surface area (Å²) in [5.74, 6) is -0.0797. The topological polar surface area (TPSA) is 55.4 Å². The standard InChI is InChI=1S/C21H33NO3/c1-13-10-16(17(11-14(13)2)20(4,5)6)12-18(15(3)23)22-19(24)25-21(7,8)9/h10-11,18H,12H2,1-9H3,(H,22,24)/t18-/m0/s1. The quantitative estimate of drug-likeness (QED) is 0.864. The van der Waals surface area contributed by atoms with Gasteiger partial charge in [-0.25, -0.2) is 4.79 Å². The highest BCUT2D eigenvalue weighted by Crippen LogP contribution is 2.29. The van der Waals surface area contributed by atoms with Crippen molar-refractivity contribution in [1.82, 2.24) is 5.32 Å². The van der Waals surface area contributed by atoms with Gasteiger partial charge < -0.3 is 10.1 Å². The molecule has 1 rings (SSSR count). The molecule has 140 valence electrons. The van der Waals surface area contributed by atoms with Gasteiger partial charge in [0.25, 0.3) is 0 Å². The number of carbonyl (C=O) groups excluding carboxylic acids is 2. The van der Waals surface area contributed by atoms with E-state index in [0.29, 0.717) is 6.42 Å². The Morgan fingerprint density at radius 3 is 2.00 bits per heavy atom. The predicted octanol–water partition coefficient (Wildman–Crippen LogP) is 4.63. The molecule has 1 N–H and O–H groups in total. The van der Waals surface area contributed by atoms with Gasteiger partial charge in [-0.1, -0.05) is 32.9 Å². The van der Waals surface area contributed by atoms with E-state index in [9.17, 15) is 9.59 Å². The summed E-state index contributed by atoms with van der Waals surface area (Å²) in [5, 5.41) is 2.72. The van der Waals surface area contributed by atoms with E-state index in [1.165, 1.54) is 23.6 Å². The zero-order valence-corrected chi connectivity index (χ0v) is 17.2. The van der Waals surface area contributed by atoms with Gasteiger partial charge in [0.15, 0.2) is 5.78 Å². The molecule has 1 amide bonds. The number of aryl methyl sites for hydroxylation is 2. The van der Waals surface area contributed by atoms with Crippen molar-refractivity contribution in [3.05, 3.63) is 34.4 Å². The van der Waals surface area contributed by atoms with Crippen molar-refractivity contribution < 1.29 is 14.3 Å². The van der Waals surface area contributed by atoms with Crippen molar-refractivity contribution in [2.24, 2.45) is 0 Å². The van der Waals surface area contributed by atoms with Crippen molar-refractivity contribution in [1.29, 1.82) is 0 Å². The molecule has 0 aromatic heterocycles. The molecule has 0 radical (unpaired) electrons. The molecule has 0 aliphatic heterocycles. The molecule has 0 heterocycles. The van der Waals surface area contributed by atoms with Gasteiger partial charge in [0, 0.05) is 6.42 Å². The third kappa shape index (κ3) is 6.52. The summed E-state index contributed by atoms with van der Waals surface area (Å²) in [6, 6.07) is 3.72. The summed E-state index contributed by atoms with van der Waals surface area (Å²) in [6.45, 7) is 17.5. The third-order valence-corrected chi connectivity index (χ3v) is 4.13. The molecular formula is C21H33NO3. The fraction of sp³-hybridized carbons (Fsp3) is 0.619. The zero-order chi connectivity index (χ0) is 19.6. The number of amides is 1. The number of alkyl carbamates (subject to hydrolysis) is 1. The van der Waals surface area contributed by atoms with Gasteiger partial charge >= 0.3 is 6.09 Å². The molecule has 0 saturated carbocycles. The Labute approximate surface area is 152 Å². The predicted molar refractivity (Wildman–Crippen MR) is 102 cm³/mol. The first-order chi connectivity index (χ1) is 11.2. The van der Waals surface area contributed by atoms with Gasteiger partial charge in [-0.15, -0.1) is 0 Å². The van der Waals surface area contributed by atoms with Crippen LogP contribution in [-0.4, -0.2) is 23.5 Å². The molecule has 1 atom stereocenters. The summed E-state index contributed by atoms with van der Waals surface area (Å²) in [6.07, 6.45) is -0.101. The van der Waals surface area contributed by atoms with Gasteiger partial charge in [0.2, 0.25) is 0 Å². The van der Waals surface area contributed by atoms with E-state index in [1.54, 1.807) is 20.8 Å². The molecule has 4 heteroatoms. The lowest BCUT2D eigenvalue weighted by molar-refractivity contribution is -0.119. The Morgan fingerprint density at radius 2 is 1.56 bits per heavy atom. The minimum atomic E-state index is -0.599. The normalized spacial score (nSPS) is 13.3. The molecule has 0 bridgehead atoms. The molecular weight excluding hydrogens is 314 g/mol. The maximum absolute atomic E-state index is 12.1. The van der Waals surface area contributed by atoms with Gasteiger partial charge in [-0.3, -0.25) is 4.79 Å². The van der Waals surface area contributed by atoms with Crippen molar-refractivity contribution >= 4 is 11.9 Å². The van der Waals surface area contributed by atoms with Crippen molar-refractivity contribution in [2.75, 3.05) is 0 Å². The molecule has 25 heavy (non-hydrogen) atoms. The highest BCUT2D eigenvalue weighted by molar-refractivity contribution is 5.85. The first-order valence-electron chi connectivity index (χ1n) is 8.81. The number of ketones is 1. The number of benzene rings is 1. The van der Waals surface area contributed by atoms with E-state index in [-0.39, 0.29) is 11.2 Å². The lowest BCUT2D eigenvalue weighted by atomic mass is 9.80. The van der Waals surface area contributed by atoms with Crippen molar-refractivity contribution in [3.63, 3.8) is 0 Å². The molecule has 1 aromatic rings. The molecule has 1 aromatic carbocycles. The van der Waals surface area contributed by atoms with Crippen LogP contribution in [0.25, 0.3) is 0 Å². The van der Waals surface area contributed by atoms with Crippen molar-refractivity contribution in [3.8, 4) is 0 Å². The van der Waals surface area contributed by atoms with Gasteiger partial charge in [-0.05, 0) is 69.2 Å². The largest absolute Gasteiger partial charge is 0.444 e. The van der Waals surface area contributed by atoms with Crippen LogP contribution < -0.4 is 5.32 Å². The van der Waals surface area contributed by atoms with Crippen LogP contribution in [0.2, 0.25) is 0 Å². The highest BCUT2D eigenvalue weighted by Gasteiger charge is 2.25. The summed E-state index contributed by atoms with van der Waals surface area (Å²) < 4.78 is 5.29. The lowest BCUT2D eigenvalue weighted by Crippen LogP contribution is -2.44. The van der Waals surface area contributed by atoms with Crippen LogP contribution >= 0.6 is 0 Å². The molecule has 0 saturated heterocycles. The zero-order valence-electron chi connectivity index (χ0n) is 17.2. The maximum atomic E-state index is 12.1. The Bertz CT molecular complexity index is 648. The average Bonchev–Trinajstić information content (AvgIpc) is 2.38.